The number of anilines is 1. The molecule has 1 aromatic rings. The van der Waals surface area contributed by atoms with Crippen LogP contribution in [-0.2, 0) is 4.84 Å². The van der Waals surface area contributed by atoms with Crippen molar-refractivity contribution in [1.82, 2.24) is 0 Å². The first-order chi connectivity index (χ1) is 8.70. The highest BCUT2D eigenvalue weighted by atomic mass is 16.6. The summed E-state index contributed by atoms with van der Waals surface area (Å²) in [6.45, 7) is 6.01. The van der Waals surface area contributed by atoms with Gasteiger partial charge < -0.3 is 14.5 Å². The van der Waals surface area contributed by atoms with Gasteiger partial charge in [-0.1, -0.05) is 12.1 Å². The van der Waals surface area contributed by atoms with Crippen LogP contribution in [0.3, 0.4) is 0 Å². The molecule has 1 aliphatic rings. The first kappa shape index (κ1) is 13.2. The Morgan fingerprint density at radius 1 is 1.22 bits per heavy atom. The fraction of sp³-hybridized carbons (Fsp3) is 0.571. The third-order valence-corrected chi connectivity index (χ3v) is 3.20. The van der Waals surface area contributed by atoms with Gasteiger partial charge in [0.05, 0.1) is 17.9 Å². The van der Waals surface area contributed by atoms with E-state index in [1.54, 1.807) is 0 Å². The van der Waals surface area contributed by atoms with Crippen LogP contribution in [0.5, 0.6) is 5.75 Å². The summed E-state index contributed by atoms with van der Waals surface area (Å²) in [5.41, 5.74) is 1.17. The Kier molecular flexibility index (Phi) is 4.44. The molecule has 1 saturated heterocycles. The van der Waals surface area contributed by atoms with Crippen molar-refractivity contribution in [1.29, 1.82) is 0 Å². The summed E-state index contributed by atoms with van der Waals surface area (Å²) in [5.74, 6) is 6.20. The van der Waals surface area contributed by atoms with Crippen molar-refractivity contribution in [2.24, 2.45) is 5.90 Å². The van der Waals surface area contributed by atoms with Gasteiger partial charge in [-0.3, -0.25) is 0 Å². The van der Waals surface area contributed by atoms with E-state index in [4.69, 9.17) is 15.5 Å². The van der Waals surface area contributed by atoms with E-state index in [2.05, 4.69) is 11.0 Å². The topological polar surface area (TPSA) is 47.7 Å². The van der Waals surface area contributed by atoms with Crippen molar-refractivity contribution < 1.29 is 9.57 Å². The third kappa shape index (κ3) is 3.15. The third-order valence-electron chi connectivity index (χ3n) is 3.20. The molecular formula is C14H22N2O2. The van der Waals surface area contributed by atoms with E-state index >= 15 is 0 Å². The van der Waals surface area contributed by atoms with Crippen LogP contribution in [0.1, 0.15) is 26.7 Å². The summed E-state index contributed by atoms with van der Waals surface area (Å²) in [7, 11) is 0. The zero-order valence-electron chi connectivity index (χ0n) is 11.1. The maximum atomic E-state index is 5.85. The smallest absolute Gasteiger partial charge is 0.142 e. The molecule has 2 rings (SSSR count). The summed E-state index contributed by atoms with van der Waals surface area (Å²) >= 11 is 0. The molecule has 1 fully saturated rings. The van der Waals surface area contributed by atoms with Crippen LogP contribution in [0.25, 0.3) is 0 Å². The van der Waals surface area contributed by atoms with E-state index < -0.39 is 0 Å². The Hall–Kier alpha value is -1.26. The monoisotopic (exact) mass is 250 g/mol. The molecule has 0 radical (unpaired) electrons. The highest BCUT2D eigenvalue weighted by Crippen LogP contribution is 2.31. The lowest BCUT2D eigenvalue weighted by Crippen LogP contribution is -2.38. The number of rotatable bonds is 4. The van der Waals surface area contributed by atoms with Crippen LogP contribution in [0, 0.1) is 0 Å². The molecule has 0 atom stereocenters. The average Bonchev–Trinajstić information content (AvgIpc) is 2.39. The minimum atomic E-state index is 0.191. The number of hydrogen-bond donors (Lipinski definition) is 1. The number of hydrogen-bond acceptors (Lipinski definition) is 4. The van der Waals surface area contributed by atoms with E-state index in [1.165, 1.54) is 5.69 Å². The van der Waals surface area contributed by atoms with Crippen molar-refractivity contribution in [2.75, 3.05) is 18.0 Å². The molecule has 0 aliphatic carbocycles. The van der Waals surface area contributed by atoms with E-state index in [1.807, 2.05) is 32.0 Å². The summed E-state index contributed by atoms with van der Waals surface area (Å²) in [6.07, 6.45) is 2.31. The SMILES string of the molecule is CC(C)Oc1ccccc1N1CCC(ON)CC1. The highest BCUT2D eigenvalue weighted by molar-refractivity contribution is 5.58. The molecular weight excluding hydrogens is 228 g/mol. The van der Waals surface area contributed by atoms with Gasteiger partial charge in [0.25, 0.3) is 0 Å². The van der Waals surface area contributed by atoms with Crippen molar-refractivity contribution in [3.8, 4) is 5.75 Å². The standard InChI is InChI=1S/C14H22N2O2/c1-11(2)17-14-6-4-3-5-13(14)16-9-7-12(18-15)8-10-16/h3-6,11-12H,7-10,15H2,1-2H3. The highest BCUT2D eigenvalue weighted by Gasteiger charge is 2.21. The lowest BCUT2D eigenvalue weighted by atomic mass is 10.1. The number of benzene rings is 1. The fourth-order valence-corrected chi connectivity index (χ4v) is 2.30. The van der Waals surface area contributed by atoms with Gasteiger partial charge in [-0.05, 0) is 38.8 Å². The van der Waals surface area contributed by atoms with Gasteiger partial charge in [0.15, 0.2) is 0 Å². The van der Waals surface area contributed by atoms with E-state index in [9.17, 15) is 0 Å². The van der Waals surface area contributed by atoms with Gasteiger partial charge in [-0.25, -0.2) is 5.90 Å². The predicted molar refractivity (Wildman–Crippen MR) is 72.7 cm³/mol. The van der Waals surface area contributed by atoms with E-state index in [-0.39, 0.29) is 12.2 Å². The van der Waals surface area contributed by atoms with Crippen LogP contribution in [0.2, 0.25) is 0 Å². The molecule has 2 N–H and O–H groups in total. The second-order valence-electron chi connectivity index (χ2n) is 4.96. The average molecular weight is 250 g/mol. The molecule has 0 bridgehead atoms. The van der Waals surface area contributed by atoms with Crippen LogP contribution in [0.4, 0.5) is 5.69 Å². The van der Waals surface area contributed by atoms with Gasteiger partial charge in [0.1, 0.15) is 5.75 Å². The van der Waals surface area contributed by atoms with Gasteiger partial charge in [0.2, 0.25) is 0 Å². The molecule has 1 aliphatic heterocycles. The quantitative estimate of drug-likeness (QED) is 0.833. The van der Waals surface area contributed by atoms with Gasteiger partial charge in [-0.2, -0.15) is 0 Å². The molecule has 18 heavy (non-hydrogen) atoms. The lowest BCUT2D eigenvalue weighted by Gasteiger charge is -2.33. The fourth-order valence-electron chi connectivity index (χ4n) is 2.30. The van der Waals surface area contributed by atoms with Gasteiger partial charge in [-0.15, -0.1) is 0 Å². The number of nitrogens with zero attached hydrogens (tertiary/aromatic N) is 1. The van der Waals surface area contributed by atoms with E-state index in [0.29, 0.717) is 0 Å². The second kappa shape index (κ2) is 6.07. The maximum Gasteiger partial charge on any atom is 0.142 e. The molecule has 4 heteroatoms. The normalized spacial score (nSPS) is 17.2. The molecule has 0 saturated carbocycles. The predicted octanol–water partition coefficient (Wildman–Crippen LogP) is 2.33. The Morgan fingerprint density at radius 2 is 1.89 bits per heavy atom. The molecule has 0 spiro atoms. The largest absolute Gasteiger partial charge is 0.489 e. The first-order valence-electron chi connectivity index (χ1n) is 6.57. The molecule has 1 heterocycles. The number of nitrogens with two attached hydrogens (primary N) is 1. The summed E-state index contributed by atoms with van der Waals surface area (Å²) in [5, 5.41) is 0. The van der Waals surface area contributed by atoms with Crippen LogP contribution < -0.4 is 15.5 Å². The zero-order valence-corrected chi connectivity index (χ0v) is 11.1. The van der Waals surface area contributed by atoms with Gasteiger partial charge in [0, 0.05) is 13.1 Å². The summed E-state index contributed by atoms with van der Waals surface area (Å²) in [6, 6.07) is 8.20. The minimum Gasteiger partial charge on any atom is -0.489 e. The maximum absolute atomic E-state index is 5.85. The zero-order chi connectivity index (χ0) is 13.0. The molecule has 100 valence electrons. The number of para-hydroxylation sites is 2. The Morgan fingerprint density at radius 3 is 2.50 bits per heavy atom. The van der Waals surface area contributed by atoms with E-state index in [0.717, 1.165) is 31.7 Å². The molecule has 0 aromatic heterocycles. The molecule has 4 nitrogen and oxygen atoms in total. The van der Waals surface area contributed by atoms with Crippen molar-refractivity contribution in [3.63, 3.8) is 0 Å². The number of piperidine rings is 1. The Bertz CT molecular complexity index is 374. The van der Waals surface area contributed by atoms with Gasteiger partial charge >= 0.3 is 0 Å². The summed E-state index contributed by atoms with van der Waals surface area (Å²) in [4.78, 5) is 7.25. The Balaban J connectivity index is 2.08. The first-order valence-corrected chi connectivity index (χ1v) is 6.57. The lowest BCUT2D eigenvalue weighted by molar-refractivity contribution is 0.0367. The molecule has 0 unspecified atom stereocenters. The van der Waals surface area contributed by atoms with Crippen molar-refractivity contribution >= 4 is 5.69 Å². The second-order valence-corrected chi connectivity index (χ2v) is 4.96. The minimum absolute atomic E-state index is 0.191. The summed E-state index contributed by atoms with van der Waals surface area (Å²) < 4.78 is 5.85. The number of ether oxygens (including phenoxy) is 1. The molecule has 1 aromatic carbocycles. The van der Waals surface area contributed by atoms with Crippen molar-refractivity contribution in [2.45, 2.75) is 38.9 Å². The van der Waals surface area contributed by atoms with Crippen molar-refractivity contribution in [3.05, 3.63) is 24.3 Å². The Labute approximate surface area is 109 Å². The van der Waals surface area contributed by atoms with Crippen LogP contribution >= 0.6 is 0 Å². The van der Waals surface area contributed by atoms with Crippen LogP contribution in [0.15, 0.2) is 24.3 Å². The van der Waals surface area contributed by atoms with Crippen LogP contribution in [-0.4, -0.2) is 25.3 Å². The molecule has 0 amide bonds.